The smallest absolute Gasteiger partial charge is 0.381 e. The van der Waals surface area contributed by atoms with Crippen LogP contribution in [0.5, 0.6) is 0 Å². The van der Waals surface area contributed by atoms with Crippen molar-refractivity contribution < 1.29 is 22.7 Å². The summed E-state index contributed by atoms with van der Waals surface area (Å²) in [5.41, 5.74) is -0.626. The summed E-state index contributed by atoms with van der Waals surface area (Å²) < 4.78 is 43.6. The molecule has 0 saturated carbocycles. The molecule has 0 unspecified atom stereocenters. The Kier molecular flexibility index (Phi) is 2.60. The number of alkyl halides is 3. The molecule has 1 amide bonds. The first-order valence-electron chi connectivity index (χ1n) is 6.04. The highest BCUT2D eigenvalue weighted by molar-refractivity contribution is 6.06. The van der Waals surface area contributed by atoms with E-state index in [1.54, 1.807) is 0 Å². The molecule has 0 radical (unpaired) electrons. The van der Waals surface area contributed by atoms with E-state index in [4.69, 9.17) is 4.74 Å². The van der Waals surface area contributed by atoms with Crippen molar-refractivity contribution in [2.45, 2.75) is 24.4 Å². The van der Waals surface area contributed by atoms with Gasteiger partial charge >= 0.3 is 6.18 Å². The Morgan fingerprint density at radius 2 is 1.89 bits per heavy atom. The summed E-state index contributed by atoms with van der Waals surface area (Å²) in [5, 5.41) is 2.67. The van der Waals surface area contributed by atoms with Crippen LogP contribution in [0.4, 0.5) is 18.9 Å². The number of nitrogens with one attached hydrogen (secondary N) is 1. The maximum absolute atomic E-state index is 12.8. The molecule has 2 aliphatic rings. The normalized spacial score (nSPS) is 21.3. The fraction of sp³-hybridized carbons (Fsp3) is 0.462. The Bertz CT molecular complexity index is 533. The summed E-state index contributed by atoms with van der Waals surface area (Å²) in [6.07, 6.45) is -3.55. The molecule has 0 atom stereocenters. The Labute approximate surface area is 107 Å². The molecule has 1 aromatic rings. The van der Waals surface area contributed by atoms with Crippen molar-refractivity contribution in [1.82, 2.24) is 0 Å². The molecule has 102 valence electrons. The highest BCUT2D eigenvalue weighted by Crippen LogP contribution is 2.46. The summed E-state index contributed by atoms with van der Waals surface area (Å²) >= 11 is 0. The third-order valence-electron chi connectivity index (χ3n) is 3.89. The van der Waals surface area contributed by atoms with Gasteiger partial charge in [0.2, 0.25) is 5.91 Å². The monoisotopic (exact) mass is 271 g/mol. The standard InChI is InChI=1S/C13H12F3NO2/c14-13(15,16)8-1-2-10-9(7-8)12(11(18)17-10)3-5-19-6-4-12/h1-2,7H,3-6H2,(H,17,18). The molecule has 6 heteroatoms. The Morgan fingerprint density at radius 3 is 2.53 bits per heavy atom. The molecule has 3 nitrogen and oxygen atoms in total. The lowest BCUT2D eigenvalue weighted by molar-refractivity contribution is -0.137. The quantitative estimate of drug-likeness (QED) is 0.788. The highest BCUT2D eigenvalue weighted by Gasteiger charge is 2.48. The lowest BCUT2D eigenvalue weighted by Crippen LogP contribution is -2.40. The average molecular weight is 271 g/mol. The predicted molar refractivity (Wildman–Crippen MR) is 61.8 cm³/mol. The molecule has 0 bridgehead atoms. The van der Waals surface area contributed by atoms with Gasteiger partial charge in [-0.1, -0.05) is 0 Å². The van der Waals surface area contributed by atoms with E-state index in [-0.39, 0.29) is 5.91 Å². The van der Waals surface area contributed by atoms with Gasteiger partial charge in [-0.15, -0.1) is 0 Å². The predicted octanol–water partition coefficient (Wildman–Crippen LogP) is 2.71. The van der Waals surface area contributed by atoms with Crippen LogP contribution in [0.1, 0.15) is 24.0 Å². The zero-order chi connectivity index (χ0) is 13.7. The van der Waals surface area contributed by atoms with E-state index in [2.05, 4.69) is 5.32 Å². The lowest BCUT2D eigenvalue weighted by Gasteiger charge is -2.31. The largest absolute Gasteiger partial charge is 0.416 e. The third kappa shape index (κ3) is 1.82. The van der Waals surface area contributed by atoms with Crippen LogP contribution in [0.15, 0.2) is 18.2 Å². The maximum atomic E-state index is 12.8. The fourth-order valence-electron chi connectivity index (χ4n) is 2.81. The zero-order valence-electron chi connectivity index (χ0n) is 10.0. The molecule has 1 fully saturated rings. The van der Waals surface area contributed by atoms with Gasteiger partial charge in [-0.3, -0.25) is 4.79 Å². The van der Waals surface area contributed by atoms with E-state index in [1.165, 1.54) is 6.07 Å². The minimum Gasteiger partial charge on any atom is -0.381 e. The first-order valence-corrected chi connectivity index (χ1v) is 6.04. The minimum atomic E-state index is -4.40. The van der Waals surface area contributed by atoms with Gasteiger partial charge in [0.05, 0.1) is 11.0 Å². The van der Waals surface area contributed by atoms with Crippen LogP contribution in [-0.4, -0.2) is 19.1 Å². The molecule has 0 aromatic heterocycles. The second-order valence-corrected chi connectivity index (χ2v) is 4.91. The van der Waals surface area contributed by atoms with Gasteiger partial charge in [0.25, 0.3) is 0 Å². The molecule has 2 aliphatic heterocycles. The number of amides is 1. The van der Waals surface area contributed by atoms with Crippen molar-refractivity contribution >= 4 is 11.6 Å². The van der Waals surface area contributed by atoms with E-state index >= 15 is 0 Å². The van der Waals surface area contributed by atoms with Crippen LogP contribution in [0.25, 0.3) is 0 Å². The molecule has 1 saturated heterocycles. The van der Waals surface area contributed by atoms with Crippen molar-refractivity contribution in [3.8, 4) is 0 Å². The molecule has 2 heterocycles. The Hall–Kier alpha value is -1.56. The summed E-state index contributed by atoms with van der Waals surface area (Å²) in [4.78, 5) is 12.1. The van der Waals surface area contributed by atoms with Gasteiger partial charge in [-0.05, 0) is 36.6 Å². The van der Waals surface area contributed by atoms with E-state index < -0.39 is 17.2 Å². The first-order chi connectivity index (χ1) is 8.93. The number of anilines is 1. The zero-order valence-corrected chi connectivity index (χ0v) is 10.0. The van der Waals surface area contributed by atoms with Crippen LogP contribution in [0.3, 0.4) is 0 Å². The topological polar surface area (TPSA) is 38.3 Å². The van der Waals surface area contributed by atoms with Crippen LogP contribution in [0.2, 0.25) is 0 Å². The first kappa shape index (κ1) is 12.5. The average Bonchev–Trinajstić information content (AvgIpc) is 2.62. The highest BCUT2D eigenvalue weighted by atomic mass is 19.4. The molecular formula is C13H12F3NO2. The van der Waals surface area contributed by atoms with E-state index in [9.17, 15) is 18.0 Å². The summed E-state index contributed by atoms with van der Waals surface area (Å²) in [7, 11) is 0. The number of rotatable bonds is 0. The molecule has 1 aromatic carbocycles. The van der Waals surface area contributed by atoms with Gasteiger partial charge in [-0.25, -0.2) is 0 Å². The SMILES string of the molecule is O=C1Nc2ccc(C(F)(F)F)cc2C12CCOCC2. The van der Waals surface area contributed by atoms with E-state index in [0.717, 1.165) is 12.1 Å². The number of ether oxygens (including phenoxy) is 1. The number of halogens is 3. The fourth-order valence-corrected chi connectivity index (χ4v) is 2.81. The second-order valence-electron chi connectivity index (χ2n) is 4.91. The summed E-state index contributed by atoms with van der Waals surface area (Å²) in [6, 6.07) is 3.43. The molecule has 0 aliphatic carbocycles. The van der Waals surface area contributed by atoms with Crippen LogP contribution < -0.4 is 5.32 Å². The number of hydrogen-bond donors (Lipinski definition) is 1. The van der Waals surface area contributed by atoms with Gasteiger partial charge < -0.3 is 10.1 Å². The molecule has 3 rings (SSSR count). The number of hydrogen-bond acceptors (Lipinski definition) is 2. The third-order valence-corrected chi connectivity index (χ3v) is 3.89. The van der Waals surface area contributed by atoms with Crippen LogP contribution in [0, 0.1) is 0 Å². The molecule has 19 heavy (non-hydrogen) atoms. The molecular weight excluding hydrogens is 259 g/mol. The van der Waals surface area contributed by atoms with Crippen LogP contribution in [-0.2, 0) is 21.1 Å². The van der Waals surface area contributed by atoms with Crippen molar-refractivity contribution in [3.63, 3.8) is 0 Å². The van der Waals surface area contributed by atoms with Crippen molar-refractivity contribution in [1.29, 1.82) is 0 Å². The summed E-state index contributed by atoms with van der Waals surface area (Å²) in [5.74, 6) is -0.217. The van der Waals surface area contributed by atoms with E-state index in [1.807, 2.05) is 0 Å². The van der Waals surface area contributed by atoms with Gasteiger partial charge in [0.1, 0.15) is 0 Å². The number of benzene rings is 1. The number of fused-ring (bicyclic) bond motifs is 2. The molecule has 1 N–H and O–H groups in total. The maximum Gasteiger partial charge on any atom is 0.416 e. The van der Waals surface area contributed by atoms with Crippen molar-refractivity contribution in [2.24, 2.45) is 0 Å². The number of carbonyl (C=O) groups excluding carboxylic acids is 1. The Balaban J connectivity index is 2.11. The van der Waals surface area contributed by atoms with Gasteiger partial charge in [0, 0.05) is 18.9 Å². The van der Waals surface area contributed by atoms with Gasteiger partial charge in [0.15, 0.2) is 0 Å². The van der Waals surface area contributed by atoms with E-state index in [0.29, 0.717) is 37.3 Å². The second kappa shape index (κ2) is 3.96. The summed E-state index contributed by atoms with van der Waals surface area (Å²) in [6.45, 7) is 0.784. The Morgan fingerprint density at radius 1 is 1.21 bits per heavy atom. The lowest BCUT2D eigenvalue weighted by atomic mass is 9.75. The minimum absolute atomic E-state index is 0.217. The van der Waals surface area contributed by atoms with Crippen LogP contribution >= 0.6 is 0 Å². The molecule has 1 spiro atoms. The number of carbonyl (C=O) groups is 1. The van der Waals surface area contributed by atoms with Crippen molar-refractivity contribution in [2.75, 3.05) is 18.5 Å². The van der Waals surface area contributed by atoms with Crippen molar-refractivity contribution in [3.05, 3.63) is 29.3 Å². The van der Waals surface area contributed by atoms with Gasteiger partial charge in [-0.2, -0.15) is 13.2 Å².